The van der Waals surface area contributed by atoms with Gasteiger partial charge in [-0.05, 0) is 6.07 Å². The highest BCUT2D eigenvalue weighted by Crippen LogP contribution is 2.11. The highest BCUT2D eigenvalue weighted by atomic mass is 16.5. The standard InChI is InChI=1S/C13H16N2O2/c1-4-8-15(9-5-2)13(16)11-6-7-14-12(10-11)17-3/h4-7,10H,1-2,8-9H2,3H3. The van der Waals surface area contributed by atoms with Crippen molar-refractivity contribution in [1.82, 2.24) is 9.88 Å². The summed E-state index contributed by atoms with van der Waals surface area (Å²) in [4.78, 5) is 17.7. The van der Waals surface area contributed by atoms with Crippen LogP contribution in [0, 0.1) is 0 Å². The van der Waals surface area contributed by atoms with Crippen molar-refractivity contribution in [1.29, 1.82) is 0 Å². The zero-order valence-corrected chi connectivity index (χ0v) is 9.93. The molecule has 1 aromatic heterocycles. The zero-order valence-electron chi connectivity index (χ0n) is 9.93. The fourth-order valence-corrected chi connectivity index (χ4v) is 1.39. The summed E-state index contributed by atoms with van der Waals surface area (Å²) in [5, 5.41) is 0. The van der Waals surface area contributed by atoms with Crippen molar-refractivity contribution in [3.05, 3.63) is 49.2 Å². The van der Waals surface area contributed by atoms with Crippen molar-refractivity contribution in [2.75, 3.05) is 20.2 Å². The van der Waals surface area contributed by atoms with E-state index in [1.807, 2.05) is 0 Å². The zero-order chi connectivity index (χ0) is 12.7. The number of carbonyl (C=O) groups is 1. The minimum absolute atomic E-state index is 0.0921. The molecule has 1 aromatic rings. The average molecular weight is 232 g/mol. The molecule has 4 heteroatoms. The molecule has 0 saturated heterocycles. The van der Waals surface area contributed by atoms with Gasteiger partial charge in [0.15, 0.2) is 0 Å². The first-order chi connectivity index (χ1) is 8.22. The lowest BCUT2D eigenvalue weighted by Gasteiger charge is -2.19. The van der Waals surface area contributed by atoms with Crippen molar-refractivity contribution < 1.29 is 9.53 Å². The molecule has 0 fully saturated rings. The minimum atomic E-state index is -0.0921. The summed E-state index contributed by atoms with van der Waals surface area (Å²) in [5.41, 5.74) is 0.542. The van der Waals surface area contributed by atoms with E-state index in [2.05, 4.69) is 18.1 Å². The Labute approximate surface area is 101 Å². The molecule has 0 radical (unpaired) electrons. The molecule has 17 heavy (non-hydrogen) atoms. The maximum absolute atomic E-state index is 12.1. The lowest BCUT2D eigenvalue weighted by molar-refractivity contribution is 0.0790. The van der Waals surface area contributed by atoms with Gasteiger partial charge in [-0.1, -0.05) is 12.2 Å². The summed E-state index contributed by atoms with van der Waals surface area (Å²) >= 11 is 0. The molecule has 0 aliphatic rings. The number of methoxy groups -OCH3 is 1. The van der Waals surface area contributed by atoms with Crippen molar-refractivity contribution in [2.45, 2.75) is 0 Å². The van der Waals surface area contributed by atoms with Gasteiger partial charge in [0.25, 0.3) is 5.91 Å². The molecule has 90 valence electrons. The number of amides is 1. The molecular weight excluding hydrogens is 216 g/mol. The van der Waals surface area contributed by atoms with E-state index < -0.39 is 0 Å². The van der Waals surface area contributed by atoms with Gasteiger partial charge in [0.05, 0.1) is 7.11 Å². The monoisotopic (exact) mass is 232 g/mol. The molecule has 0 aliphatic carbocycles. The summed E-state index contributed by atoms with van der Waals surface area (Å²) in [6.07, 6.45) is 4.91. The van der Waals surface area contributed by atoms with Crippen LogP contribution in [0.2, 0.25) is 0 Å². The van der Waals surface area contributed by atoms with Crippen LogP contribution in [0.3, 0.4) is 0 Å². The van der Waals surface area contributed by atoms with E-state index in [0.29, 0.717) is 24.5 Å². The van der Waals surface area contributed by atoms with Gasteiger partial charge in [-0.15, -0.1) is 13.2 Å². The van der Waals surface area contributed by atoms with E-state index >= 15 is 0 Å². The number of pyridine rings is 1. The number of rotatable bonds is 6. The van der Waals surface area contributed by atoms with Crippen LogP contribution < -0.4 is 4.74 Å². The molecule has 0 N–H and O–H groups in total. The maximum Gasteiger partial charge on any atom is 0.254 e. The number of hydrogen-bond donors (Lipinski definition) is 0. The molecule has 1 amide bonds. The molecule has 0 saturated carbocycles. The van der Waals surface area contributed by atoms with E-state index in [1.54, 1.807) is 35.4 Å². The first kappa shape index (κ1) is 13.0. The highest BCUT2D eigenvalue weighted by molar-refractivity contribution is 5.94. The van der Waals surface area contributed by atoms with Gasteiger partial charge < -0.3 is 9.64 Å². The third-order valence-corrected chi connectivity index (χ3v) is 2.18. The van der Waals surface area contributed by atoms with Crippen molar-refractivity contribution in [3.63, 3.8) is 0 Å². The lowest BCUT2D eigenvalue weighted by Crippen LogP contribution is -2.31. The summed E-state index contributed by atoms with van der Waals surface area (Å²) in [6.45, 7) is 8.22. The van der Waals surface area contributed by atoms with E-state index in [1.165, 1.54) is 7.11 Å². The highest BCUT2D eigenvalue weighted by Gasteiger charge is 2.13. The van der Waals surface area contributed by atoms with Crippen LogP contribution >= 0.6 is 0 Å². The van der Waals surface area contributed by atoms with Crippen molar-refractivity contribution in [2.24, 2.45) is 0 Å². The Morgan fingerprint density at radius 1 is 1.47 bits per heavy atom. The van der Waals surface area contributed by atoms with Gasteiger partial charge in [-0.25, -0.2) is 4.98 Å². The Morgan fingerprint density at radius 3 is 2.65 bits per heavy atom. The van der Waals surface area contributed by atoms with Crippen LogP contribution in [0.4, 0.5) is 0 Å². The predicted octanol–water partition coefficient (Wildman–Crippen LogP) is 1.90. The van der Waals surface area contributed by atoms with Crippen molar-refractivity contribution in [3.8, 4) is 5.88 Å². The molecular formula is C13H16N2O2. The predicted molar refractivity (Wildman–Crippen MR) is 67.1 cm³/mol. The van der Waals surface area contributed by atoms with Gasteiger partial charge in [-0.2, -0.15) is 0 Å². The smallest absolute Gasteiger partial charge is 0.254 e. The van der Waals surface area contributed by atoms with Crippen LogP contribution in [-0.4, -0.2) is 36.0 Å². The van der Waals surface area contributed by atoms with E-state index in [-0.39, 0.29) is 5.91 Å². The molecule has 0 aromatic carbocycles. The number of ether oxygens (including phenoxy) is 1. The van der Waals surface area contributed by atoms with E-state index in [0.717, 1.165) is 0 Å². The van der Waals surface area contributed by atoms with Crippen LogP contribution in [0.25, 0.3) is 0 Å². The second-order valence-electron chi connectivity index (χ2n) is 3.37. The molecule has 0 bridgehead atoms. The third kappa shape index (κ3) is 3.45. The van der Waals surface area contributed by atoms with Crippen LogP contribution in [0.5, 0.6) is 5.88 Å². The maximum atomic E-state index is 12.1. The molecule has 0 aliphatic heterocycles. The van der Waals surface area contributed by atoms with E-state index in [9.17, 15) is 4.79 Å². The Morgan fingerprint density at radius 2 is 2.12 bits per heavy atom. The normalized spacial score (nSPS) is 9.47. The van der Waals surface area contributed by atoms with Gasteiger partial charge in [0, 0.05) is 30.9 Å². The van der Waals surface area contributed by atoms with Crippen LogP contribution in [0.1, 0.15) is 10.4 Å². The quantitative estimate of drug-likeness (QED) is 0.703. The Kier molecular flexibility index (Phi) is 4.94. The molecule has 1 rings (SSSR count). The van der Waals surface area contributed by atoms with Crippen LogP contribution in [0.15, 0.2) is 43.6 Å². The first-order valence-electron chi connectivity index (χ1n) is 5.24. The summed E-state index contributed by atoms with van der Waals surface area (Å²) in [5.74, 6) is 0.332. The molecule has 0 atom stereocenters. The minimum Gasteiger partial charge on any atom is -0.481 e. The fourth-order valence-electron chi connectivity index (χ4n) is 1.39. The largest absolute Gasteiger partial charge is 0.481 e. The molecule has 1 heterocycles. The van der Waals surface area contributed by atoms with Crippen molar-refractivity contribution >= 4 is 5.91 Å². The number of aromatic nitrogens is 1. The van der Waals surface area contributed by atoms with Gasteiger partial charge in [-0.3, -0.25) is 4.79 Å². The van der Waals surface area contributed by atoms with Gasteiger partial charge in [0.1, 0.15) is 0 Å². The summed E-state index contributed by atoms with van der Waals surface area (Å²) in [6, 6.07) is 3.27. The average Bonchev–Trinajstić information content (AvgIpc) is 2.38. The SMILES string of the molecule is C=CCN(CC=C)C(=O)c1ccnc(OC)c1. The molecule has 0 unspecified atom stereocenters. The Hall–Kier alpha value is -2.10. The second-order valence-corrected chi connectivity index (χ2v) is 3.37. The van der Waals surface area contributed by atoms with E-state index in [4.69, 9.17) is 4.74 Å². The molecule has 4 nitrogen and oxygen atoms in total. The summed E-state index contributed by atoms with van der Waals surface area (Å²) in [7, 11) is 1.52. The topological polar surface area (TPSA) is 42.4 Å². The number of hydrogen-bond acceptors (Lipinski definition) is 3. The fraction of sp³-hybridized carbons (Fsp3) is 0.231. The summed E-state index contributed by atoms with van der Waals surface area (Å²) < 4.78 is 4.98. The second kappa shape index (κ2) is 6.48. The first-order valence-corrected chi connectivity index (χ1v) is 5.24. The number of carbonyl (C=O) groups excluding carboxylic acids is 1. The van der Waals surface area contributed by atoms with Gasteiger partial charge >= 0.3 is 0 Å². The number of nitrogens with zero attached hydrogens (tertiary/aromatic N) is 2. The Bertz CT molecular complexity index is 406. The Balaban J connectivity index is 2.91. The lowest BCUT2D eigenvalue weighted by atomic mass is 10.2. The van der Waals surface area contributed by atoms with Crippen LogP contribution in [-0.2, 0) is 0 Å². The van der Waals surface area contributed by atoms with Gasteiger partial charge in [0.2, 0.25) is 5.88 Å². The third-order valence-electron chi connectivity index (χ3n) is 2.18. The molecule has 0 spiro atoms.